The van der Waals surface area contributed by atoms with Gasteiger partial charge in [-0.15, -0.1) is 23.2 Å². The first kappa shape index (κ1) is 16.2. The molecule has 1 aliphatic carbocycles. The molecule has 0 radical (unpaired) electrons. The van der Waals surface area contributed by atoms with Gasteiger partial charge in [0.2, 0.25) is 5.91 Å². The average Bonchev–Trinajstić information content (AvgIpc) is 3.13. The van der Waals surface area contributed by atoms with E-state index < -0.39 is 4.33 Å². The molecule has 1 atom stereocenters. The van der Waals surface area contributed by atoms with Gasteiger partial charge < -0.3 is 5.32 Å². The van der Waals surface area contributed by atoms with Gasteiger partial charge in [0.1, 0.15) is 4.33 Å². The molecule has 1 saturated carbocycles. The largest absolute Gasteiger partial charge is 0.326 e. The fourth-order valence-corrected chi connectivity index (χ4v) is 3.56. The molecular weight excluding hydrogens is 405 g/mol. The van der Waals surface area contributed by atoms with Gasteiger partial charge in [-0.05, 0) is 55.0 Å². The van der Waals surface area contributed by atoms with E-state index in [4.69, 9.17) is 23.2 Å². The molecule has 114 valence electrons. The van der Waals surface area contributed by atoms with Crippen molar-refractivity contribution >= 4 is 62.5 Å². The standard InChI is InChI=1S/C16H12BrCl2NOS/c17-10-1-5-12(6-2-10)22-13-7-3-11(4-8-13)20-15(21)14-9-16(14,18)19/h1-8,14H,9H2,(H,20,21). The quantitative estimate of drug-likeness (QED) is 0.644. The fourth-order valence-electron chi connectivity index (χ4n) is 1.97. The highest BCUT2D eigenvalue weighted by Gasteiger charge is 2.56. The number of amides is 1. The van der Waals surface area contributed by atoms with Crippen LogP contribution in [-0.2, 0) is 4.79 Å². The number of carbonyl (C=O) groups is 1. The van der Waals surface area contributed by atoms with Gasteiger partial charge in [0.15, 0.2) is 0 Å². The zero-order valence-electron chi connectivity index (χ0n) is 11.4. The van der Waals surface area contributed by atoms with Crippen LogP contribution in [0.15, 0.2) is 62.8 Å². The zero-order valence-corrected chi connectivity index (χ0v) is 15.3. The molecule has 0 saturated heterocycles. The van der Waals surface area contributed by atoms with Crippen molar-refractivity contribution in [3.8, 4) is 0 Å². The molecule has 1 fully saturated rings. The van der Waals surface area contributed by atoms with Crippen LogP contribution in [0.5, 0.6) is 0 Å². The molecule has 3 rings (SSSR count). The van der Waals surface area contributed by atoms with E-state index >= 15 is 0 Å². The third-order valence-corrected chi connectivity index (χ3v) is 5.69. The third kappa shape index (κ3) is 3.99. The fraction of sp³-hybridized carbons (Fsp3) is 0.188. The van der Waals surface area contributed by atoms with Crippen molar-refractivity contribution in [1.82, 2.24) is 0 Å². The van der Waals surface area contributed by atoms with Crippen molar-refractivity contribution in [3.63, 3.8) is 0 Å². The molecule has 1 amide bonds. The Hall–Kier alpha value is -0.680. The van der Waals surface area contributed by atoms with Crippen LogP contribution in [0.4, 0.5) is 5.69 Å². The van der Waals surface area contributed by atoms with Crippen LogP contribution in [0.3, 0.4) is 0 Å². The first-order valence-corrected chi connectivity index (χ1v) is 9.03. The molecule has 1 aliphatic rings. The normalized spacial score (nSPS) is 18.8. The van der Waals surface area contributed by atoms with Gasteiger partial charge in [-0.25, -0.2) is 0 Å². The Kier molecular flexibility index (Phi) is 4.74. The predicted molar refractivity (Wildman–Crippen MR) is 95.9 cm³/mol. The first-order chi connectivity index (χ1) is 10.4. The summed E-state index contributed by atoms with van der Waals surface area (Å²) in [6, 6.07) is 15.8. The Morgan fingerprint density at radius 2 is 1.59 bits per heavy atom. The summed E-state index contributed by atoms with van der Waals surface area (Å²) in [5, 5.41) is 2.83. The summed E-state index contributed by atoms with van der Waals surface area (Å²) in [5.74, 6) is -0.439. The van der Waals surface area contributed by atoms with Crippen molar-refractivity contribution in [2.24, 2.45) is 5.92 Å². The van der Waals surface area contributed by atoms with Crippen molar-refractivity contribution in [2.45, 2.75) is 20.5 Å². The molecule has 2 aromatic carbocycles. The predicted octanol–water partition coefficient (Wildman–Crippen LogP) is 5.73. The van der Waals surface area contributed by atoms with Crippen LogP contribution in [0.1, 0.15) is 6.42 Å². The molecule has 0 heterocycles. The number of alkyl halides is 2. The van der Waals surface area contributed by atoms with E-state index in [9.17, 15) is 4.79 Å². The van der Waals surface area contributed by atoms with E-state index in [1.54, 1.807) is 11.8 Å². The summed E-state index contributed by atoms with van der Waals surface area (Å²) in [6.45, 7) is 0. The molecule has 0 bridgehead atoms. The van der Waals surface area contributed by atoms with Gasteiger partial charge in [0.05, 0.1) is 5.92 Å². The maximum Gasteiger partial charge on any atom is 0.230 e. The molecule has 6 heteroatoms. The van der Waals surface area contributed by atoms with Crippen LogP contribution in [0.2, 0.25) is 0 Å². The van der Waals surface area contributed by atoms with Gasteiger partial charge in [-0.3, -0.25) is 4.79 Å². The number of halogens is 3. The SMILES string of the molecule is O=C(Nc1ccc(Sc2ccc(Br)cc2)cc1)C1CC1(Cl)Cl. The number of hydrogen-bond donors (Lipinski definition) is 1. The molecule has 0 aromatic heterocycles. The van der Waals surface area contributed by atoms with Crippen molar-refractivity contribution in [2.75, 3.05) is 5.32 Å². The zero-order chi connectivity index (χ0) is 15.7. The van der Waals surface area contributed by atoms with Crippen molar-refractivity contribution in [1.29, 1.82) is 0 Å². The van der Waals surface area contributed by atoms with E-state index in [1.807, 2.05) is 36.4 Å². The lowest BCUT2D eigenvalue weighted by molar-refractivity contribution is -0.117. The van der Waals surface area contributed by atoms with Crippen molar-refractivity contribution < 1.29 is 4.79 Å². The Labute approximate surface area is 151 Å². The smallest absolute Gasteiger partial charge is 0.230 e. The maximum absolute atomic E-state index is 11.9. The second-order valence-electron chi connectivity index (χ2n) is 5.09. The second kappa shape index (κ2) is 6.44. The maximum atomic E-state index is 11.9. The Morgan fingerprint density at radius 3 is 2.09 bits per heavy atom. The van der Waals surface area contributed by atoms with Gasteiger partial charge in [0, 0.05) is 20.0 Å². The van der Waals surface area contributed by atoms with E-state index in [-0.39, 0.29) is 11.8 Å². The number of nitrogens with one attached hydrogen (secondary N) is 1. The minimum atomic E-state index is -0.887. The lowest BCUT2D eigenvalue weighted by Gasteiger charge is -2.07. The monoisotopic (exact) mass is 415 g/mol. The molecule has 2 aromatic rings. The molecule has 1 N–H and O–H groups in total. The average molecular weight is 417 g/mol. The number of benzene rings is 2. The lowest BCUT2D eigenvalue weighted by atomic mass is 10.3. The Balaban J connectivity index is 1.60. The van der Waals surface area contributed by atoms with E-state index in [0.29, 0.717) is 6.42 Å². The topological polar surface area (TPSA) is 29.1 Å². The highest BCUT2D eigenvalue weighted by atomic mass is 79.9. The molecule has 2 nitrogen and oxygen atoms in total. The highest BCUT2D eigenvalue weighted by Crippen LogP contribution is 2.53. The number of hydrogen-bond acceptors (Lipinski definition) is 2. The summed E-state index contributed by atoms with van der Waals surface area (Å²) in [4.78, 5) is 14.2. The summed E-state index contributed by atoms with van der Waals surface area (Å²) in [5.41, 5.74) is 0.751. The molecule has 1 unspecified atom stereocenters. The summed E-state index contributed by atoms with van der Waals surface area (Å²) >= 11 is 16.9. The van der Waals surface area contributed by atoms with Gasteiger partial charge in [-0.1, -0.05) is 27.7 Å². The molecular formula is C16H12BrCl2NOS. The molecule has 0 spiro atoms. The minimum Gasteiger partial charge on any atom is -0.326 e. The van der Waals surface area contributed by atoms with E-state index in [0.717, 1.165) is 20.0 Å². The third-order valence-electron chi connectivity index (χ3n) is 3.31. The summed E-state index contributed by atoms with van der Waals surface area (Å²) in [7, 11) is 0. The van der Waals surface area contributed by atoms with Crippen LogP contribution < -0.4 is 5.32 Å². The molecule has 0 aliphatic heterocycles. The molecule has 22 heavy (non-hydrogen) atoms. The van der Waals surface area contributed by atoms with E-state index in [1.165, 1.54) is 0 Å². The summed E-state index contributed by atoms with van der Waals surface area (Å²) < 4.78 is 0.172. The van der Waals surface area contributed by atoms with Crippen LogP contribution in [0, 0.1) is 5.92 Å². The lowest BCUT2D eigenvalue weighted by Crippen LogP contribution is -2.16. The van der Waals surface area contributed by atoms with Crippen LogP contribution in [-0.4, -0.2) is 10.2 Å². The first-order valence-electron chi connectivity index (χ1n) is 6.66. The number of anilines is 1. The Bertz CT molecular complexity index is 688. The summed E-state index contributed by atoms with van der Waals surface area (Å²) in [6.07, 6.45) is 0.513. The van der Waals surface area contributed by atoms with Gasteiger partial charge in [0.25, 0.3) is 0 Å². The Morgan fingerprint density at radius 1 is 1.09 bits per heavy atom. The van der Waals surface area contributed by atoms with Crippen molar-refractivity contribution in [3.05, 3.63) is 53.0 Å². The van der Waals surface area contributed by atoms with Crippen LogP contribution >= 0.6 is 50.9 Å². The van der Waals surface area contributed by atoms with Gasteiger partial charge in [-0.2, -0.15) is 0 Å². The highest BCUT2D eigenvalue weighted by molar-refractivity contribution is 9.10. The van der Waals surface area contributed by atoms with E-state index in [2.05, 4.69) is 33.4 Å². The number of rotatable bonds is 4. The minimum absolute atomic E-state index is 0.127. The number of carbonyl (C=O) groups excluding carboxylic acids is 1. The van der Waals surface area contributed by atoms with Gasteiger partial charge >= 0.3 is 0 Å². The second-order valence-corrected chi connectivity index (χ2v) is 8.69. The van der Waals surface area contributed by atoms with Crippen LogP contribution in [0.25, 0.3) is 0 Å².